The number of anilines is 3. The van der Waals surface area contributed by atoms with Crippen LogP contribution in [0.15, 0.2) is 72.3 Å². The number of halogens is 1. The molecular formula is C26H26ClN7O3. The molecule has 0 saturated carbocycles. The van der Waals surface area contributed by atoms with Crippen LogP contribution in [0.3, 0.4) is 0 Å². The minimum absolute atomic E-state index is 0.195. The van der Waals surface area contributed by atoms with Crippen molar-refractivity contribution in [3.8, 4) is 11.1 Å². The van der Waals surface area contributed by atoms with Gasteiger partial charge in [0.25, 0.3) is 0 Å². The van der Waals surface area contributed by atoms with Crippen molar-refractivity contribution < 1.29 is 9.53 Å². The second-order valence-corrected chi connectivity index (χ2v) is 9.16. The number of benzene rings is 2. The number of fused-ring (bicyclic) bond motifs is 1. The number of hydrogen-bond donors (Lipinski definition) is 1. The molecule has 0 bridgehead atoms. The Morgan fingerprint density at radius 1 is 1.19 bits per heavy atom. The molecule has 4 aromatic rings. The van der Waals surface area contributed by atoms with Crippen LogP contribution in [0.2, 0.25) is 5.02 Å². The number of hydrogen-bond acceptors (Lipinski definition) is 8. The number of methoxy groups -OCH3 is 1. The van der Waals surface area contributed by atoms with Gasteiger partial charge in [0.05, 0.1) is 36.5 Å². The molecule has 0 atom stereocenters. The molecule has 10 nitrogen and oxygen atoms in total. The van der Waals surface area contributed by atoms with Gasteiger partial charge >= 0.3 is 5.97 Å². The van der Waals surface area contributed by atoms with Gasteiger partial charge in [-0.05, 0) is 42.7 Å². The number of nitrogens with zero attached hydrogens (tertiary/aromatic N) is 6. The van der Waals surface area contributed by atoms with Crippen LogP contribution in [0, 0.1) is 4.91 Å². The molecule has 0 spiro atoms. The highest BCUT2D eigenvalue weighted by Crippen LogP contribution is 2.36. The lowest BCUT2D eigenvalue weighted by molar-refractivity contribution is -0.139. The quantitative estimate of drug-likeness (QED) is 0.204. The van der Waals surface area contributed by atoms with Gasteiger partial charge in [-0.2, -0.15) is 10.1 Å². The Hall–Kier alpha value is -4.02. The molecular weight excluding hydrogens is 494 g/mol. The van der Waals surface area contributed by atoms with Crippen LogP contribution in [-0.4, -0.2) is 53.4 Å². The number of ether oxygens (including phenoxy) is 1. The Bertz CT molecular complexity index is 1420. The Labute approximate surface area is 218 Å². The number of nitrogens with one attached hydrogen (secondary N) is 1. The predicted molar refractivity (Wildman–Crippen MR) is 143 cm³/mol. The van der Waals surface area contributed by atoms with Crippen LogP contribution in [0.5, 0.6) is 0 Å². The van der Waals surface area contributed by atoms with E-state index in [4.69, 9.17) is 21.3 Å². The van der Waals surface area contributed by atoms with E-state index in [1.165, 1.54) is 12.1 Å². The fraction of sp³-hybridized carbons (Fsp3) is 0.269. The average molecular weight is 520 g/mol. The fourth-order valence-corrected chi connectivity index (χ4v) is 4.77. The number of aromatic nitrogens is 3. The SMILES string of the molecule is COC(=O)CNC1CCN(c2ccccc2N(N=O)c2ccn3ncc(-c4cccc(Cl)c4)c3n2)CC1. The zero-order chi connectivity index (χ0) is 25.8. The van der Waals surface area contributed by atoms with Crippen molar-refractivity contribution in [2.24, 2.45) is 5.29 Å². The van der Waals surface area contributed by atoms with E-state index in [0.29, 0.717) is 22.2 Å². The van der Waals surface area contributed by atoms with Crippen molar-refractivity contribution in [1.82, 2.24) is 19.9 Å². The van der Waals surface area contributed by atoms with Gasteiger partial charge in [0.1, 0.15) is 0 Å². The molecule has 1 saturated heterocycles. The van der Waals surface area contributed by atoms with Gasteiger partial charge in [0.15, 0.2) is 11.5 Å². The number of carbonyl (C=O) groups is 1. The normalized spacial score (nSPS) is 14.1. The topological polar surface area (TPSA) is 104 Å². The molecule has 3 heterocycles. The third-order valence-corrected chi connectivity index (χ3v) is 6.73. The van der Waals surface area contributed by atoms with Crippen LogP contribution in [0.4, 0.5) is 17.2 Å². The second-order valence-electron chi connectivity index (χ2n) is 8.72. The van der Waals surface area contributed by atoms with Gasteiger partial charge in [-0.1, -0.05) is 35.9 Å². The lowest BCUT2D eigenvalue weighted by atomic mass is 10.0. The number of esters is 1. The van der Waals surface area contributed by atoms with Crippen LogP contribution in [0.25, 0.3) is 16.8 Å². The predicted octanol–water partition coefficient (Wildman–Crippen LogP) is 4.60. The third kappa shape index (κ3) is 5.25. The minimum Gasteiger partial charge on any atom is -0.468 e. The molecule has 0 radical (unpaired) electrons. The van der Waals surface area contributed by atoms with E-state index in [9.17, 15) is 9.70 Å². The lowest BCUT2D eigenvalue weighted by Gasteiger charge is -2.35. The molecule has 0 aliphatic carbocycles. The second kappa shape index (κ2) is 10.9. The summed E-state index contributed by atoms with van der Waals surface area (Å²) in [6.07, 6.45) is 5.18. The molecule has 11 heteroatoms. The van der Waals surface area contributed by atoms with Crippen LogP contribution in [0.1, 0.15) is 12.8 Å². The zero-order valence-corrected chi connectivity index (χ0v) is 21.0. The number of piperidine rings is 1. The summed E-state index contributed by atoms with van der Waals surface area (Å²) in [5.74, 6) is 0.106. The summed E-state index contributed by atoms with van der Waals surface area (Å²) < 4.78 is 6.37. The lowest BCUT2D eigenvalue weighted by Crippen LogP contribution is -2.44. The van der Waals surface area contributed by atoms with E-state index in [2.05, 4.69) is 20.6 Å². The molecule has 0 unspecified atom stereocenters. The van der Waals surface area contributed by atoms with E-state index < -0.39 is 0 Å². The van der Waals surface area contributed by atoms with Crippen molar-refractivity contribution in [3.63, 3.8) is 0 Å². The maximum absolute atomic E-state index is 12.2. The maximum atomic E-state index is 12.2. The first kappa shape index (κ1) is 24.7. The molecule has 1 aliphatic heterocycles. The van der Waals surface area contributed by atoms with Gasteiger partial charge in [0, 0.05) is 42.0 Å². The minimum atomic E-state index is -0.276. The molecule has 190 valence electrons. The molecule has 2 aromatic heterocycles. The Balaban J connectivity index is 1.41. The molecule has 1 N–H and O–H groups in total. The molecule has 1 fully saturated rings. The number of nitroso groups, excluding NO2 is 1. The number of rotatable bonds is 8. The summed E-state index contributed by atoms with van der Waals surface area (Å²) in [6.45, 7) is 1.72. The van der Waals surface area contributed by atoms with Gasteiger partial charge in [-0.15, -0.1) is 4.91 Å². The van der Waals surface area contributed by atoms with Gasteiger partial charge in [-0.25, -0.2) is 9.50 Å². The summed E-state index contributed by atoms with van der Waals surface area (Å²) in [6, 6.07) is 17.0. The Morgan fingerprint density at radius 3 is 2.76 bits per heavy atom. The first-order chi connectivity index (χ1) is 18.1. The summed E-state index contributed by atoms with van der Waals surface area (Å²) in [4.78, 5) is 30.6. The first-order valence-electron chi connectivity index (χ1n) is 12.0. The van der Waals surface area contributed by atoms with Crippen molar-refractivity contribution in [2.75, 3.05) is 36.7 Å². The van der Waals surface area contributed by atoms with Crippen LogP contribution < -0.4 is 15.2 Å². The highest BCUT2D eigenvalue weighted by molar-refractivity contribution is 6.30. The van der Waals surface area contributed by atoms with Crippen LogP contribution >= 0.6 is 11.6 Å². The maximum Gasteiger partial charge on any atom is 0.319 e. The Kier molecular flexibility index (Phi) is 7.29. The molecule has 5 rings (SSSR count). The van der Waals surface area contributed by atoms with Gasteiger partial charge < -0.3 is 15.0 Å². The standard InChI is InChI=1S/C26H26ClN7O3/c1-37-25(35)17-28-20-9-12-32(13-10-20)22-7-2-3-8-23(22)34(31-36)24-11-14-33-26(30-24)21(16-29-33)18-5-4-6-19(27)15-18/h2-8,11,14-16,20,28H,9-10,12-13,17H2,1H3. The van der Waals surface area contributed by atoms with E-state index in [-0.39, 0.29) is 18.6 Å². The highest BCUT2D eigenvalue weighted by atomic mass is 35.5. The third-order valence-electron chi connectivity index (χ3n) is 6.50. The average Bonchev–Trinajstić information content (AvgIpc) is 3.36. The number of para-hydroxylation sites is 2. The molecule has 1 aliphatic rings. The molecule has 0 amide bonds. The summed E-state index contributed by atoms with van der Waals surface area (Å²) in [7, 11) is 1.38. The van der Waals surface area contributed by atoms with E-state index in [1.54, 1.807) is 23.0 Å². The monoisotopic (exact) mass is 519 g/mol. The van der Waals surface area contributed by atoms with E-state index in [1.807, 2.05) is 48.5 Å². The molecule has 2 aromatic carbocycles. The summed E-state index contributed by atoms with van der Waals surface area (Å²) in [5.41, 5.74) is 3.79. The van der Waals surface area contributed by atoms with Crippen molar-refractivity contribution in [2.45, 2.75) is 18.9 Å². The fourth-order valence-electron chi connectivity index (χ4n) is 4.58. The smallest absolute Gasteiger partial charge is 0.319 e. The van der Waals surface area contributed by atoms with Crippen LogP contribution in [-0.2, 0) is 9.53 Å². The Morgan fingerprint density at radius 2 is 2.00 bits per heavy atom. The van der Waals surface area contributed by atoms with Crippen molar-refractivity contribution >= 4 is 40.4 Å². The highest BCUT2D eigenvalue weighted by Gasteiger charge is 2.25. The molecule has 37 heavy (non-hydrogen) atoms. The van der Waals surface area contributed by atoms with E-state index >= 15 is 0 Å². The largest absolute Gasteiger partial charge is 0.468 e. The van der Waals surface area contributed by atoms with Gasteiger partial charge in [0.2, 0.25) is 0 Å². The van der Waals surface area contributed by atoms with E-state index in [0.717, 1.165) is 42.7 Å². The summed E-state index contributed by atoms with van der Waals surface area (Å²) >= 11 is 6.19. The van der Waals surface area contributed by atoms with Gasteiger partial charge in [-0.3, -0.25) is 4.79 Å². The zero-order valence-electron chi connectivity index (χ0n) is 20.2. The summed E-state index contributed by atoms with van der Waals surface area (Å²) in [5, 5.41) is 12.9. The number of carbonyl (C=O) groups excluding carboxylic acids is 1. The van der Waals surface area contributed by atoms with Crippen molar-refractivity contribution in [3.05, 3.63) is 76.9 Å². The first-order valence-corrected chi connectivity index (χ1v) is 12.3. The van der Waals surface area contributed by atoms with Crippen molar-refractivity contribution in [1.29, 1.82) is 0 Å².